The van der Waals surface area contributed by atoms with Crippen LogP contribution >= 0.6 is 11.6 Å². The van der Waals surface area contributed by atoms with Gasteiger partial charge in [-0.1, -0.05) is 30.7 Å². The number of rotatable bonds is 7. The van der Waals surface area contributed by atoms with Crippen molar-refractivity contribution in [2.75, 3.05) is 31.6 Å². The minimum absolute atomic E-state index is 0.0266. The van der Waals surface area contributed by atoms with Gasteiger partial charge in [-0.2, -0.15) is 4.31 Å². The number of hydrogen-bond donors (Lipinski definition) is 1. The van der Waals surface area contributed by atoms with E-state index in [-0.39, 0.29) is 28.6 Å². The van der Waals surface area contributed by atoms with E-state index in [1.165, 1.54) is 29.4 Å². The van der Waals surface area contributed by atoms with E-state index in [1.807, 2.05) is 19.1 Å². The summed E-state index contributed by atoms with van der Waals surface area (Å²) in [6.45, 7) is 4.50. The molecule has 10 heteroatoms. The number of esters is 1. The van der Waals surface area contributed by atoms with Gasteiger partial charge < -0.3 is 14.8 Å². The standard InChI is InChI=1S/C22H25ClN2O6S/c1-3-16-4-6-17(7-5-16)24-21(26)15(2)31-22(27)19-14-18(8-9-20(19)23)32(28,29)25-10-12-30-13-11-25/h4-9,14-15H,3,10-13H2,1-2H3,(H,24,26). The van der Waals surface area contributed by atoms with Crippen LogP contribution in [0.4, 0.5) is 5.69 Å². The predicted octanol–water partition coefficient (Wildman–Crippen LogP) is 3.11. The molecule has 1 amide bonds. The van der Waals surface area contributed by atoms with Crippen LogP contribution in [-0.4, -0.2) is 57.0 Å². The first-order valence-corrected chi connectivity index (χ1v) is 12.0. The first-order chi connectivity index (χ1) is 15.2. The van der Waals surface area contributed by atoms with Gasteiger partial charge >= 0.3 is 5.97 Å². The highest BCUT2D eigenvalue weighted by molar-refractivity contribution is 7.89. The lowest BCUT2D eigenvalue weighted by molar-refractivity contribution is -0.123. The Hall–Kier alpha value is -2.46. The number of anilines is 1. The van der Waals surface area contributed by atoms with Crippen molar-refractivity contribution in [1.82, 2.24) is 4.31 Å². The molecule has 8 nitrogen and oxygen atoms in total. The molecule has 32 heavy (non-hydrogen) atoms. The SMILES string of the molecule is CCc1ccc(NC(=O)C(C)OC(=O)c2cc(S(=O)(=O)N3CCOCC3)ccc2Cl)cc1. The summed E-state index contributed by atoms with van der Waals surface area (Å²) in [6, 6.07) is 11.2. The summed E-state index contributed by atoms with van der Waals surface area (Å²) in [5, 5.41) is 2.71. The number of nitrogens with zero attached hydrogens (tertiary/aromatic N) is 1. The summed E-state index contributed by atoms with van der Waals surface area (Å²) in [7, 11) is -3.82. The fourth-order valence-electron chi connectivity index (χ4n) is 3.10. The molecule has 0 bridgehead atoms. The van der Waals surface area contributed by atoms with E-state index in [1.54, 1.807) is 12.1 Å². The third-order valence-corrected chi connectivity index (χ3v) is 7.27. The van der Waals surface area contributed by atoms with E-state index in [0.29, 0.717) is 18.9 Å². The minimum atomic E-state index is -3.82. The largest absolute Gasteiger partial charge is 0.449 e. The first kappa shape index (κ1) is 24.2. The maximum Gasteiger partial charge on any atom is 0.340 e. The van der Waals surface area contributed by atoms with Crippen LogP contribution < -0.4 is 5.32 Å². The summed E-state index contributed by atoms with van der Waals surface area (Å²) in [4.78, 5) is 25.0. The topological polar surface area (TPSA) is 102 Å². The van der Waals surface area contributed by atoms with Gasteiger partial charge in [-0.25, -0.2) is 13.2 Å². The number of sulfonamides is 1. The van der Waals surface area contributed by atoms with E-state index in [9.17, 15) is 18.0 Å². The zero-order valence-corrected chi connectivity index (χ0v) is 19.4. The number of aryl methyl sites for hydroxylation is 1. The highest BCUT2D eigenvalue weighted by atomic mass is 35.5. The third-order valence-electron chi connectivity index (χ3n) is 5.05. The van der Waals surface area contributed by atoms with Gasteiger partial charge in [0.1, 0.15) is 0 Å². The predicted molar refractivity (Wildman–Crippen MR) is 120 cm³/mol. The molecule has 2 aromatic carbocycles. The van der Waals surface area contributed by atoms with Gasteiger partial charge in [0.25, 0.3) is 5.91 Å². The quantitative estimate of drug-likeness (QED) is 0.611. The van der Waals surface area contributed by atoms with Crippen LogP contribution in [0.3, 0.4) is 0 Å². The maximum atomic E-state index is 12.9. The Labute approximate surface area is 192 Å². The van der Waals surface area contributed by atoms with Gasteiger partial charge in [0.05, 0.1) is 28.7 Å². The van der Waals surface area contributed by atoms with Crippen molar-refractivity contribution in [3.8, 4) is 0 Å². The molecule has 1 saturated heterocycles. The van der Waals surface area contributed by atoms with Crippen LogP contribution in [0.2, 0.25) is 5.02 Å². The molecule has 1 aliphatic heterocycles. The molecule has 1 unspecified atom stereocenters. The minimum Gasteiger partial charge on any atom is -0.449 e. The monoisotopic (exact) mass is 480 g/mol. The molecular weight excluding hydrogens is 456 g/mol. The number of carbonyl (C=O) groups excluding carboxylic acids is 2. The molecule has 1 N–H and O–H groups in total. The van der Waals surface area contributed by atoms with Gasteiger partial charge in [0, 0.05) is 18.8 Å². The van der Waals surface area contributed by atoms with Gasteiger partial charge in [-0.05, 0) is 49.2 Å². The zero-order valence-electron chi connectivity index (χ0n) is 17.8. The Morgan fingerprint density at radius 1 is 1.16 bits per heavy atom. The molecule has 172 valence electrons. The van der Waals surface area contributed by atoms with Crippen LogP contribution in [0, 0.1) is 0 Å². The van der Waals surface area contributed by atoms with E-state index >= 15 is 0 Å². The fourth-order valence-corrected chi connectivity index (χ4v) is 4.73. The van der Waals surface area contributed by atoms with E-state index in [2.05, 4.69) is 5.32 Å². The molecule has 0 spiro atoms. The van der Waals surface area contributed by atoms with Gasteiger partial charge in [0.15, 0.2) is 6.10 Å². The number of morpholine rings is 1. The molecule has 1 atom stereocenters. The van der Waals surface area contributed by atoms with Crippen LogP contribution in [0.1, 0.15) is 29.8 Å². The second kappa shape index (κ2) is 10.4. The summed E-state index contributed by atoms with van der Waals surface area (Å²) < 4.78 is 37.5. The molecule has 0 saturated carbocycles. The Kier molecular flexibility index (Phi) is 7.89. The van der Waals surface area contributed by atoms with Gasteiger partial charge in [0.2, 0.25) is 10.0 Å². The average Bonchev–Trinajstić information content (AvgIpc) is 2.80. The van der Waals surface area contributed by atoms with Crippen LogP contribution in [0.25, 0.3) is 0 Å². The van der Waals surface area contributed by atoms with Crippen molar-refractivity contribution in [3.63, 3.8) is 0 Å². The summed E-state index contributed by atoms with van der Waals surface area (Å²) in [6.07, 6.45) is -0.243. The van der Waals surface area contributed by atoms with Crippen molar-refractivity contribution < 1.29 is 27.5 Å². The first-order valence-electron chi connectivity index (χ1n) is 10.2. The Bertz CT molecular complexity index is 1080. The molecule has 1 fully saturated rings. The third kappa shape index (κ3) is 5.66. The van der Waals surface area contributed by atoms with Crippen molar-refractivity contribution in [2.24, 2.45) is 0 Å². The lowest BCUT2D eigenvalue weighted by Crippen LogP contribution is -2.40. The molecule has 1 heterocycles. The molecule has 0 aromatic heterocycles. The van der Waals surface area contributed by atoms with E-state index in [4.69, 9.17) is 21.1 Å². The molecular formula is C22H25ClN2O6S. The van der Waals surface area contributed by atoms with Crippen molar-refractivity contribution >= 4 is 39.2 Å². The number of hydrogen-bond acceptors (Lipinski definition) is 6. The van der Waals surface area contributed by atoms with Crippen LogP contribution in [-0.2, 0) is 30.7 Å². The Balaban J connectivity index is 1.71. The number of halogens is 1. The zero-order chi connectivity index (χ0) is 23.3. The molecule has 1 aliphatic rings. The van der Waals surface area contributed by atoms with Crippen molar-refractivity contribution in [2.45, 2.75) is 31.3 Å². The van der Waals surface area contributed by atoms with Gasteiger partial charge in [-0.3, -0.25) is 4.79 Å². The lowest BCUT2D eigenvalue weighted by atomic mass is 10.1. The van der Waals surface area contributed by atoms with Crippen molar-refractivity contribution in [3.05, 3.63) is 58.6 Å². The summed E-state index contributed by atoms with van der Waals surface area (Å²) >= 11 is 6.12. The second-order valence-corrected chi connectivity index (χ2v) is 9.59. The number of carbonyl (C=O) groups is 2. The number of ether oxygens (including phenoxy) is 2. The van der Waals surface area contributed by atoms with E-state index in [0.717, 1.165) is 12.0 Å². The number of benzene rings is 2. The fraction of sp³-hybridized carbons (Fsp3) is 0.364. The average molecular weight is 481 g/mol. The van der Waals surface area contributed by atoms with Crippen molar-refractivity contribution in [1.29, 1.82) is 0 Å². The van der Waals surface area contributed by atoms with Crippen LogP contribution in [0.5, 0.6) is 0 Å². The smallest absolute Gasteiger partial charge is 0.340 e. The Morgan fingerprint density at radius 2 is 1.81 bits per heavy atom. The summed E-state index contributed by atoms with van der Waals surface area (Å²) in [5.41, 5.74) is 1.57. The van der Waals surface area contributed by atoms with E-state index < -0.39 is 28.0 Å². The number of amides is 1. The van der Waals surface area contributed by atoms with Gasteiger partial charge in [-0.15, -0.1) is 0 Å². The maximum absolute atomic E-state index is 12.9. The highest BCUT2D eigenvalue weighted by Crippen LogP contribution is 2.25. The summed E-state index contributed by atoms with van der Waals surface area (Å²) in [5.74, 6) is -1.41. The number of nitrogens with one attached hydrogen (secondary N) is 1. The molecule has 0 aliphatic carbocycles. The molecule has 0 radical (unpaired) electrons. The lowest BCUT2D eigenvalue weighted by Gasteiger charge is -2.26. The van der Waals surface area contributed by atoms with Crippen LogP contribution in [0.15, 0.2) is 47.4 Å². The Morgan fingerprint density at radius 3 is 2.44 bits per heavy atom. The second-order valence-electron chi connectivity index (χ2n) is 7.25. The molecule has 2 aromatic rings. The highest BCUT2D eigenvalue weighted by Gasteiger charge is 2.28. The molecule has 3 rings (SSSR count). The normalized spacial score (nSPS) is 15.7.